The zero-order valence-corrected chi connectivity index (χ0v) is 17.1. The van der Waals surface area contributed by atoms with Crippen LogP contribution in [-0.4, -0.2) is 23.2 Å². The second kappa shape index (κ2) is 9.13. The van der Waals surface area contributed by atoms with E-state index >= 15 is 0 Å². The lowest BCUT2D eigenvalue weighted by Gasteiger charge is -2.09. The Labute approximate surface area is 179 Å². The highest BCUT2D eigenvalue weighted by atomic mass is 16.5. The van der Waals surface area contributed by atoms with Gasteiger partial charge in [-0.3, -0.25) is 4.79 Å². The van der Waals surface area contributed by atoms with Crippen molar-refractivity contribution >= 4 is 5.91 Å². The summed E-state index contributed by atoms with van der Waals surface area (Å²) in [6.07, 6.45) is 0. The quantitative estimate of drug-likeness (QED) is 0.456. The number of hydrogen-bond donors (Lipinski definition) is 1. The molecule has 0 spiro atoms. The van der Waals surface area contributed by atoms with Gasteiger partial charge < -0.3 is 19.3 Å². The van der Waals surface area contributed by atoms with E-state index in [1.807, 2.05) is 66.7 Å². The highest BCUT2D eigenvalue weighted by Crippen LogP contribution is 2.26. The van der Waals surface area contributed by atoms with Gasteiger partial charge in [-0.25, -0.2) is 0 Å². The number of ether oxygens (including phenoxy) is 2. The van der Waals surface area contributed by atoms with Crippen molar-refractivity contribution in [3.63, 3.8) is 0 Å². The van der Waals surface area contributed by atoms with Crippen LogP contribution in [0.15, 0.2) is 83.4 Å². The van der Waals surface area contributed by atoms with Crippen LogP contribution in [0.2, 0.25) is 0 Å². The predicted octanol–water partition coefficient (Wildman–Crippen LogP) is 5.03. The molecule has 0 saturated carbocycles. The number of carbonyl (C=O) groups is 1. The van der Waals surface area contributed by atoms with Crippen molar-refractivity contribution < 1.29 is 18.8 Å². The zero-order valence-electron chi connectivity index (χ0n) is 17.1. The average molecular weight is 415 g/mol. The Hall–Kier alpha value is -4.13. The summed E-state index contributed by atoms with van der Waals surface area (Å²) >= 11 is 0. The van der Waals surface area contributed by atoms with Crippen LogP contribution in [0.1, 0.15) is 29.2 Å². The minimum atomic E-state index is -0.424. The lowest BCUT2D eigenvalue weighted by molar-refractivity contribution is 0.0932. The van der Waals surface area contributed by atoms with Crippen molar-refractivity contribution in [2.45, 2.75) is 13.0 Å². The van der Waals surface area contributed by atoms with Crippen molar-refractivity contribution in [3.05, 3.63) is 90.3 Å². The van der Waals surface area contributed by atoms with Gasteiger partial charge in [-0.15, -0.1) is 0 Å². The van der Waals surface area contributed by atoms with E-state index in [-0.39, 0.29) is 5.91 Å². The number of benzene rings is 3. The molecule has 1 heterocycles. The van der Waals surface area contributed by atoms with Gasteiger partial charge in [-0.05, 0) is 67.6 Å². The first-order chi connectivity index (χ1) is 15.1. The number of hydrogen-bond acceptors (Lipinski definition) is 6. The lowest BCUT2D eigenvalue weighted by Crippen LogP contribution is -2.26. The molecule has 3 aromatic carbocycles. The summed E-state index contributed by atoms with van der Waals surface area (Å²) in [5.41, 5.74) is 1.35. The fourth-order valence-electron chi connectivity index (χ4n) is 2.91. The highest BCUT2D eigenvalue weighted by molar-refractivity contribution is 5.94. The van der Waals surface area contributed by atoms with E-state index < -0.39 is 6.04 Å². The average Bonchev–Trinajstić information content (AvgIpc) is 3.31. The number of nitrogens with one attached hydrogen (secondary N) is 1. The first-order valence-electron chi connectivity index (χ1n) is 9.74. The van der Waals surface area contributed by atoms with E-state index in [4.69, 9.17) is 14.0 Å². The Bertz CT molecular complexity index is 1140. The van der Waals surface area contributed by atoms with Gasteiger partial charge in [0.15, 0.2) is 0 Å². The molecule has 1 atom stereocenters. The normalized spacial score (nSPS) is 11.5. The molecule has 0 fully saturated rings. The second-order valence-electron chi connectivity index (χ2n) is 6.82. The van der Waals surface area contributed by atoms with Crippen molar-refractivity contribution in [2.24, 2.45) is 0 Å². The van der Waals surface area contributed by atoms with E-state index in [9.17, 15) is 4.79 Å². The van der Waals surface area contributed by atoms with Gasteiger partial charge in [-0.2, -0.15) is 4.98 Å². The maximum absolute atomic E-state index is 12.3. The van der Waals surface area contributed by atoms with Gasteiger partial charge in [0, 0.05) is 11.1 Å². The predicted molar refractivity (Wildman–Crippen MR) is 115 cm³/mol. The van der Waals surface area contributed by atoms with E-state index in [0.717, 1.165) is 11.3 Å². The number of methoxy groups -OCH3 is 1. The summed E-state index contributed by atoms with van der Waals surface area (Å²) < 4.78 is 16.3. The molecule has 1 amide bonds. The lowest BCUT2D eigenvalue weighted by atomic mass is 10.2. The number of aromatic nitrogens is 2. The third-order valence-electron chi connectivity index (χ3n) is 4.60. The van der Waals surface area contributed by atoms with E-state index in [1.165, 1.54) is 0 Å². The molecule has 0 aliphatic carbocycles. The van der Waals surface area contributed by atoms with Crippen molar-refractivity contribution in [3.8, 4) is 28.6 Å². The first kappa shape index (κ1) is 20.2. The van der Waals surface area contributed by atoms with E-state index in [2.05, 4.69) is 15.5 Å². The van der Waals surface area contributed by atoms with Crippen molar-refractivity contribution in [1.82, 2.24) is 15.5 Å². The van der Waals surface area contributed by atoms with Crippen LogP contribution in [0, 0.1) is 0 Å². The summed E-state index contributed by atoms with van der Waals surface area (Å²) in [7, 11) is 1.62. The molecule has 0 bridgehead atoms. The third-order valence-corrected chi connectivity index (χ3v) is 4.60. The fourth-order valence-corrected chi connectivity index (χ4v) is 2.91. The first-order valence-corrected chi connectivity index (χ1v) is 9.74. The molecule has 31 heavy (non-hydrogen) atoms. The molecule has 1 aromatic heterocycles. The number of carbonyl (C=O) groups excluding carboxylic acids is 1. The van der Waals surface area contributed by atoms with Gasteiger partial charge in [0.2, 0.25) is 11.7 Å². The van der Waals surface area contributed by atoms with Crippen molar-refractivity contribution in [1.29, 1.82) is 0 Å². The third kappa shape index (κ3) is 4.90. The molecule has 0 radical (unpaired) electrons. The van der Waals surface area contributed by atoms with Gasteiger partial charge in [0.05, 0.1) is 7.11 Å². The van der Waals surface area contributed by atoms with E-state index in [0.29, 0.717) is 28.8 Å². The van der Waals surface area contributed by atoms with Gasteiger partial charge in [0.25, 0.3) is 5.91 Å². The maximum Gasteiger partial charge on any atom is 0.251 e. The Morgan fingerprint density at radius 2 is 1.52 bits per heavy atom. The summed E-state index contributed by atoms with van der Waals surface area (Å²) in [6.45, 7) is 1.80. The Morgan fingerprint density at radius 3 is 2.16 bits per heavy atom. The van der Waals surface area contributed by atoms with E-state index in [1.54, 1.807) is 26.2 Å². The minimum absolute atomic E-state index is 0.201. The Balaban J connectivity index is 1.40. The molecular formula is C24H21N3O4. The summed E-state index contributed by atoms with van der Waals surface area (Å²) in [5, 5.41) is 6.89. The SMILES string of the molecule is COc1ccc(Oc2ccc(-c3noc([C@H](C)NC(=O)c4ccccc4)n3)cc2)cc1. The number of amides is 1. The summed E-state index contributed by atoms with van der Waals surface area (Å²) in [4.78, 5) is 16.7. The smallest absolute Gasteiger partial charge is 0.251 e. The van der Waals surface area contributed by atoms with Gasteiger partial charge in [-0.1, -0.05) is 23.4 Å². The minimum Gasteiger partial charge on any atom is -0.497 e. The molecular weight excluding hydrogens is 394 g/mol. The molecule has 0 aliphatic heterocycles. The van der Waals surface area contributed by atoms with Crippen LogP contribution in [0.5, 0.6) is 17.2 Å². The Kier molecular flexibility index (Phi) is 5.93. The maximum atomic E-state index is 12.3. The van der Waals surface area contributed by atoms with Crippen LogP contribution in [-0.2, 0) is 0 Å². The van der Waals surface area contributed by atoms with Gasteiger partial charge >= 0.3 is 0 Å². The fraction of sp³-hybridized carbons (Fsp3) is 0.125. The molecule has 7 nitrogen and oxygen atoms in total. The zero-order chi connectivity index (χ0) is 21.6. The van der Waals surface area contributed by atoms with Crippen LogP contribution in [0.3, 0.4) is 0 Å². The van der Waals surface area contributed by atoms with Crippen LogP contribution in [0.25, 0.3) is 11.4 Å². The van der Waals surface area contributed by atoms with Gasteiger partial charge in [0.1, 0.15) is 23.3 Å². The van der Waals surface area contributed by atoms with Crippen LogP contribution >= 0.6 is 0 Å². The molecule has 7 heteroatoms. The molecule has 0 unspecified atom stereocenters. The topological polar surface area (TPSA) is 86.5 Å². The number of nitrogens with zero attached hydrogens (tertiary/aromatic N) is 2. The Morgan fingerprint density at radius 1 is 0.903 bits per heavy atom. The van der Waals surface area contributed by atoms with Crippen LogP contribution in [0.4, 0.5) is 0 Å². The van der Waals surface area contributed by atoms with Crippen molar-refractivity contribution in [2.75, 3.05) is 7.11 Å². The molecule has 1 N–H and O–H groups in total. The molecule has 156 valence electrons. The summed E-state index contributed by atoms with van der Waals surface area (Å²) in [6, 6.07) is 23.3. The standard InChI is InChI=1S/C24H21N3O4/c1-16(25-23(28)18-6-4-3-5-7-18)24-26-22(27-31-24)17-8-10-20(11-9-17)30-21-14-12-19(29-2)13-15-21/h3-16H,1-2H3,(H,25,28)/t16-/m0/s1. The molecule has 0 aliphatic rings. The second-order valence-corrected chi connectivity index (χ2v) is 6.82. The number of rotatable bonds is 7. The monoisotopic (exact) mass is 415 g/mol. The molecule has 4 rings (SSSR count). The molecule has 0 saturated heterocycles. The largest absolute Gasteiger partial charge is 0.497 e. The summed E-state index contributed by atoms with van der Waals surface area (Å²) in [5.74, 6) is 2.72. The van der Waals surface area contributed by atoms with Crippen LogP contribution < -0.4 is 14.8 Å². The molecule has 4 aromatic rings. The highest BCUT2D eigenvalue weighted by Gasteiger charge is 2.18.